The van der Waals surface area contributed by atoms with Crippen molar-refractivity contribution in [1.82, 2.24) is 19.4 Å². The molecule has 2 aromatic heterocycles. The van der Waals surface area contributed by atoms with Gasteiger partial charge in [0.25, 0.3) is 0 Å². The van der Waals surface area contributed by atoms with Crippen LogP contribution >= 0.6 is 11.8 Å². The van der Waals surface area contributed by atoms with Crippen molar-refractivity contribution >= 4 is 29.0 Å². The number of rotatable bonds is 5. The van der Waals surface area contributed by atoms with Crippen LogP contribution in [0.4, 0.5) is 10.1 Å². The van der Waals surface area contributed by atoms with Crippen LogP contribution < -0.4 is 11.0 Å². The molecule has 0 atom stereocenters. The van der Waals surface area contributed by atoms with Gasteiger partial charge in [-0.2, -0.15) is 9.61 Å². The molecular weight excluding hydrogens is 417 g/mol. The summed E-state index contributed by atoms with van der Waals surface area (Å²) < 4.78 is 15.6. The molecule has 31 heavy (non-hydrogen) atoms. The first-order valence-corrected chi connectivity index (χ1v) is 10.4. The van der Waals surface area contributed by atoms with Gasteiger partial charge in [-0.15, -0.1) is 5.10 Å². The fraction of sp³-hybridized carbons (Fsp3) is 0.182. The average molecular weight is 438 g/mol. The zero-order chi connectivity index (χ0) is 22.1. The summed E-state index contributed by atoms with van der Waals surface area (Å²) in [7, 11) is 0. The Morgan fingerprint density at radius 3 is 2.52 bits per heavy atom. The van der Waals surface area contributed by atoms with E-state index in [4.69, 9.17) is 0 Å². The van der Waals surface area contributed by atoms with E-state index < -0.39 is 5.69 Å². The highest BCUT2D eigenvalue weighted by Gasteiger charge is 2.14. The highest BCUT2D eigenvalue weighted by molar-refractivity contribution is 7.99. The summed E-state index contributed by atoms with van der Waals surface area (Å²) in [6.07, 6.45) is 0. The monoisotopic (exact) mass is 437 g/mol. The third kappa shape index (κ3) is 4.51. The van der Waals surface area contributed by atoms with E-state index >= 15 is 0 Å². The number of hydrogen-bond acceptors (Lipinski definition) is 5. The molecule has 0 saturated heterocycles. The molecule has 0 fully saturated rings. The molecule has 7 nitrogen and oxygen atoms in total. The van der Waals surface area contributed by atoms with E-state index in [0.717, 1.165) is 31.6 Å². The smallest absolute Gasteiger partial charge is 0.324 e. The van der Waals surface area contributed by atoms with Gasteiger partial charge in [-0.1, -0.05) is 35.5 Å². The maximum atomic E-state index is 13.4. The summed E-state index contributed by atoms with van der Waals surface area (Å²) >= 11 is 1.23. The first-order chi connectivity index (χ1) is 14.8. The SMILES string of the molecule is Cc1cc(C)c(NC(=O)Cn2nc3ccc(Sc4cccc(F)c4)nn3c2=O)c(C)c1. The zero-order valence-corrected chi connectivity index (χ0v) is 18.0. The second-order valence-corrected chi connectivity index (χ2v) is 8.36. The van der Waals surface area contributed by atoms with Gasteiger partial charge in [-0.05, 0) is 62.2 Å². The van der Waals surface area contributed by atoms with E-state index in [1.54, 1.807) is 24.3 Å². The predicted octanol–water partition coefficient (Wildman–Crippen LogP) is 3.75. The Morgan fingerprint density at radius 2 is 1.81 bits per heavy atom. The molecule has 0 aliphatic heterocycles. The van der Waals surface area contributed by atoms with Crippen LogP contribution in [0.15, 0.2) is 63.2 Å². The van der Waals surface area contributed by atoms with E-state index in [-0.39, 0.29) is 18.3 Å². The van der Waals surface area contributed by atoms with Gasteiger partial charge < -0.3 is 5.32 Å². The highest BCUT2D eigenvalue weighted by Crippen LogP contribution is 2.26. The van der Waals surface area contributed by atoms with Crippen molar-refractivity contribution in [2.45, 2.75) is 37.2 Å². The number of halogens is 1. The lowest BCUT2D eigenvalue weighted by molar-refractivity contribution is -0.117. The Morgan fingerprint density at radius 1 is 1.06 bits per heavy atom. The maximum absolute atomic E-state index is 13.4. The molecule has 0 spiro atoms. The lowest BCUT2D eigenvalue weighted by Gasteiger charge is -2.12. The van der Waals surface area contributed by atoms with Crippen LogP contribution in [0.1, 0.15) is 16.7 Å². The molecule has 9 heteroatoms. The summed E-state index contributed by atoms with van der Waals surface area (Å²) in [5, 5.41) is 11.8. The fourth-order valence-corrected chi connectivity index (χ4v) is 4.21. The Kier molecular flexibility index (Phi) is 5.60. The number of amides is 1. The fourth-order valence-electron chi connectivity index (χ4n) is 3.39. The summed E-state index contributed by atoms with van der Waals surface area (Å²) in [6, 6.07) is 13.4. The summed E-state index contributed by atoms with van der Waals surface area (Å²) in [5.41, 5.74) is 3.55. The molecule has 0 saturated carbocycles. The molecule has 2 heterocycles. The second-order valence-electron chi connectivity index (χ2n) is 7.26. The van der Waals surface area contributed by atoms with Gasteiger partial charge in [0.15, 0.2) is 5.65 Å². The van der Waals surface area contributed by atoms with Crippen LogP contribution in [-0.2, 0) is 11.3 Å². The molecule has 4 rings (SSSR count). The van der Waals surface area contributed by atoms with Crippen LogP contribution in [0, 0.1) is 26.6 Å². The minimum atomic E-state index is -0.524. The predicted molar refractivity (Wildman–Crippen MR) is 117 cm³/mol. The third-order valence-corrected chi connectivity index (χ3v) is 5.59. The molecular formula is C22H20FN5O2S. The largest absolute Gasteiger partial charge is 0.367 e. The third-order valence-electron chi connectivity index (χ3n) is 4.67. The summed E-state index contributed by atoms with van der Waals surface area (Å²) in [6.45, 7) is 5.61. The lowest BCUT2D eigenvalue weighted by atomic mass is 10.1. The van der Waals surface area contributed by atoms with Crippen LogP contribution in [0.2, 0.25) is 0 Å². The summed E-state index contributed by atoms with van der Waals surface area (Å²) in [4.78, 5) is 25.9. The molecule has 0 unspecified atom stereocenters. The van der Waals surface area contributed by atoms with E-state index in [9.17, 15) is 14.0 Å². The van der Waals surface area contributed by atoms with Crippen LogP contribution in [-0.4, -0.2) is 25.3 Å². The topological polar surface area (TPSA) is 81.3 Å². The van der Waals surface area contributed by atoms with Crippen molar-refractivity contribution in [3.8, 4) is 0 Å². The molecule has 1 amide bonds. The van der Waals surface area contributed by atoms with Gasteiger partial charge in [0.05, 0.1) is 0 Å². The van der Waals surface area contributed by atoms with Gasteiger partial charge in [0.2, 0.25) is 5.91 Å². The van der Waals surface area contributed by atoms with E-state index in [1.807, 2.05) is 32.9 Å². The van der Waals surface area contributed by atoms with Gasteiger partial charge in [0, 0.05) is 10.6 Å². The van der Waals surface area contributed by atoms with Crippen LogP contribution in [0.3, 0.4) is 0 Å². The minimum Gasteiger partial charge on any atom is -0.324 e. The number of nitrogens with zero attached hydrogens (tertiary/aromatic N) is 4. The Bertz CT molecular complexity index is 1340. The molecule has 0 bridgehead atoms. The average Bonchev–Trinajstić information content (AvgIpc) is 3.00. The first-order valence-electron chi connectivity index (χ1n) is 9.58. The number of carbonyl (C=O) groups is 1. The minimum absolute atomic E-state index is 0.235. The number of carbonyl (C=O) groups excluding carboxylic acids is 1. The number of aromatic nitrogens is 4. The Balaban J connectivity index is 1.55. The molecule has 0 aliphatic rings. The quantitative estimate of drug-likeness (QED) is 0.514. The standard InChI is InChI=1S/C22H20FN5O2S/c1-13-9-14(2)21(15(3)10-13)24-19(29)12-27-22(30)28-18(25-27)7-8-20(26-28)31-17-6-4-5-16(23)11-17/h4-11H,12H2,1-3H3,(H,24,29). The second kappa shape index (κ2) is 8.35. The molecule has 1 N–H and O–H groups in total. The molecule has 4 aromatic rings. The number of benzene rings is 2. The number of aryl methyl sites for hydroxylation is 3. The zero-order valence-electron chi connectivity index (χ0n) is 17.2. The van der Waals surface area contributed by atoms with Crippen molar-refractivity contribution in [3.05, 3.63) is 81.5 Å². The van der Waals surface area contributed by atoms with E-state index in [0.29, 0.717) is 15.6 Å². The maximum Gasteiger partial charge on any atom is 0.367 e. The normalized spacial score (nSPS) is 11.1. The van der Waals surface area contributed by atoms with E-state index in [2.05, 4.69) is 15.5 Å². The van der Waals surface area contributed by atoms with Crippen molar-refractivity contribution in [1.29, 1.82) is 0 Å². The Hall–Kier alpha value is -3.46. The van der Waals surface area contributed by atoms with Crippen molar-refractivity contribution in [2.24, 2.45) is 0 Å². The molecule has 0 aliphatic carbocycles. The van der Waals surface area contributed by atoms with Gasteiger partial charge >= 0.3 is 5.69 Å². The number of fused-ring (bicyclic) bond motifs is 1. The molecule has 0 radical (unpaired) electrons. The summed E-state index contributed by atoms with van der Waals surface area (Å²) in [5.74, 6) is -0.698. The van der Waals surface area contributed by atoms with Gasteiger partial charge in [-0.25, -0.2) is 13.9 Å². The van der Waals surface area contributed by atoms with Crippen LogP contribution in [0.5, 0.6) is 0 Å². The number of anilines is 1. The van der Waals surface area contributed by atoms with Gasteiger partial charge in [0.1, 0.15) is 17.4 Å². The molecule has 158 valence electrons. The molecule has 2 aromatic carbocycles. The Labute approximate surface area is 181 Å². The number of hydrogen-bond donors (Lipinski definition) is 1. The van der Waals surface area contributed by atoms with Crippen molar-refractivity contribution in [3.63, 3.8) is 0 Å². The highest BCUT2D eigenvalue weighted by atomic mass is 32.2. The van der Waals surface area contributed by atoms with E-state index in [1.165, 1.54) is 23.9 Å². The number of nitrogens with one attached hydrogen (secondary N) is 1. The van der Waals surface area contributed by atoms with Crippen molar-refractivity contribution < 1.29 is 9.18 Å². The van der Waals surface area contributed by atoms with Crippen molar-refractivity contribution in [2.75, 3.05) is 5.32 Å². The van der Waals surface area contributed by atoms with Gasteiger partial charge in [-0.3, -0.25) is 4.79 Å². The lowest BCUT2D eigenvalue weighted by Crippen LogP contribution is -2.29. The first kappa shape index (κ1) is 20.8. The van der Waals surface area contributed by atoms with Crippen LogP contribution in [0.25, 0.3) is 5.65 Å².